The number of anilines is 3. The van der Waals surface area contributed by atoms with Crippen LogP contribution in [0.2, 0.25) is 0 Å². The molecule has 2 aromatic rings. The topological polar surface area (TPSA) is 52.7 Å². The first-order chi connectivity index (χ1) is 15.8. The van der Waals surface area contributed by atoms with E-state index in [0.717, 1.165) is 53.4 Å². The van der Waals surface area contributed by atoms with Crippen molar-refractivity contribution >= 4 is 28.8 Å². The lowest BCUT2D eigenvalue weighted by atomic mass is 9.73. The molecule has 174 valence electrons. The average molecular weight is 446 g/mol. The fourth-order valence-electron chi connectivity index (χ4n) is 5.20. The van der Waals surface area contributed by atoms with Crippen molar-refractivity contribution in [1.82, 2.24) is 0 Å². The second-order valence-corrected chi connectivity index (χ2v) is 9.76. The van der Waals surface area contributed by atoms with Crippen LogP contribution in [0.1, 0.15) is 65.5 Å². The summed E-state index contributed by atoms with van der Waals surface area (Å²) < 4.78 is 0. The van der Waals surface area contributed by atoms with Gasteiger partial charge in [-0.15, -0.1) is 0 Å². The summed E-state index contributed by atoms with van der Waals surface area (Å²) in [6, 6.07) is 15.8. The van der Waals surface area contributed by atoms with Gasteiger partial charge in [0.05, 0.1) is 17.4 Å². The number of para-hydroxylation sites is 2. The Bertz CT molecular complexity index is 1080. The lowest BCUT2D eigenvalue weighted by Crippen LogP contribution is -2.39. The van der Waals surface area contributed by atoms with Crippen LogP contribution in [0.5, 0.6) is 0 Å². The minimum Gasteiger partial charge on any atom is -0.372 e. The minimum atomic E-state index is -0.446. The number of carbonyl (C=O) groups excluding carboxylic acids is 2. The van der Waals surface area contributed by atoms with E-state index in [1.54, 1.807) is 0 Å². The molecule has 0 radical (unpaired) electrons. The molecule has 0 aromatic heterocycles. The summed E-state index contributed by atoms with van der Waals surface area (Å²) >= 11 is 0. The maximum absolute atomic E-state index is 13.6. The summed E-state index contributed by atoms with van der Waals surface area (Å²) in [6.45, 7) is 12.3. The number of carbonyl (C=O) groups is 2. The molecule has 2 aliphatic rings. The molecule has 5 heteroatoms. The van der Waals surface area contributed by atoms with Crippen LogP contribution in [0.25, 0.3) is 0 Å². The molecule has 1 N–H and O–H groups in total. The number of nitrogens with zero attached hydrogens (tertiary/aromatic N) is 2. The van der Waals surface area contributed by atoms with Gasteiger partial charge in [0.1, 0.15) is 0 Å². The van der Waals surface area contributed by atoms with Gasteiger partial charge >= 0.3 is 0 Å². The highest BCUT2D eigenvalue weighted by Gasteiger charge is 2.42. The number of Topliss-reactive ketones (excluding diaryl/α,β-unsaturated/α-hetero) is 1. The highest BCUT2D eigenvalue weighted by atomic mass is 16.2. The van der Waals surface area contributed by atoms with E-state index < -0.39 is 6.04 Å². The van der Waals surface area contributed by atoms with E-state index in [4.69, 9.17) is 0 Å². The van der Waals surface area contributed by atoms with Gasteiger partial charge < -0.3 is 10.2 Å². The third-order valence-electron chi connectivity index (χ3n) is 6.81. The van der Waals surface area contributed by atoms with Gasteiger partial charge in [0.2, 0.25) is 5.91 Å². The molecule has 2 aromatic carbocycles. The molecule has 0 saturated heterocycles. The highest BCUT2D eigenvalue weighted by Crippen LogP contribution is 2.48. The van der Waals surface area contributed by atoms with Crippen molar-refractivity contribution in [1.29, 1.82) is 0 Å². The van der Waals surface area contributed by atoms with Crippen molar-refractivity contribution < 1.29 is 9.59 Å². The van der Waals surface area contributed by atoms with Crippen LogP contribution >= 0.6 is 0 Å². The molecule has 1 aliphatic heterocycles. The summed E-state index contributed by atoms with van der Waals surface area (Å²) in [6.07, 6.45) is 1.61. The number of hydrogen-bond acceptors (Lipinski definition) is 4. The zero-order valence-corrected chi connectivity index (χ0v) is 20.4. The second-order valence-electron chi connectivity index (χ2n) is 9.76. The van der Waals surface area contributed by atoms with Crippen molar-refractivity contribution in [2.75, 3.05) is 28.2 Å². The molecule has 4 rings (SSSR count). The maximum Gasteiger partial charge on any atom is 0.227 e. The predicted octanol–water partition coefficient (Wildman–Crippen LogP) is 6.09. The molecule has 0 unspecified atom stereocenters. The van der Waals surface area contributed by atoms with Crippen molar-refractivity contribution in [2.45, 2.75) is 59.9 Å². The second kappa shape index (κ2) is 9.05. The zero-order valence-electron chi connectivity index (χ0n) is 20.4. The molecular weight excluding hydrogens is 410 g/mol. The molecule has 33 heavy (non-hydrogen) atoms. The zero-order chi connectivity index (χ0) is 23.8. The van der Waals surface area contributed by atoms with Crippen molar-refractivity contribution in [3.63, 3.8) is 0 Å². The smallest absolute Gasteiger partial charge is 0.227 e. The molecule has 5 nitrogen and oxygen atoms in total. The number of fused-ring (bicyclic) bond motifs is 1. The Kier molecular flexibility index (Phi) is 6.33. The van der Waals surface area contributed by atoms with Crippen LogP contribution in [-0.4, -0.2) is 24.8 Å². The summed E-state index contributed by atoms with van der Waals surface area (Å²) in [4.78, 5) is 31.1. The van der Waals surface area contributed by atoms with E-state index in [0.29, 0.717) is 12.8 Å². The predicted molar refractivity (Wildman–Crippen MR) is 136 cm³/mol. The van der Waals surface area contributed by atoms with Gasteiger partial charge in [-0.3, -0.25) is 14.5 Å². The lowest BCUT2D eigenvalue weighted by molar-refractivity contribution is -0.119. The Morgan fingerprint density at radius 3 is 2.33 bits per heavy atom. The quantitative estimate of drug-likeness (QED) is 0.605. The summed E-state index contributed by atoms with van der Waals surface area (Å²) in [5.74, 6) is 0.127. The van der Waals surface area contributed by atoms with Crippen molar-refractivity contribution in [2.24, 2.45) is 5.41 Å². The fourth-order valence-corrected chi connectivity index (χ4v) is 5.20. The van der Waals surface area contributed by atoms with Crippen molar-refractivity contribution in [3.05, 3.63) is 65.4 Å². The van der Waals surface area contributed by atoms with Crippen LogP contribution < -0.4 is 15.1 Å². The summed E-state index contributed by atoms with van der Waals surface area (Å²) in [5.41, 5.74) is 5.35. The Morgan fingerprint density at radius 1 is 1.03 bits per heavy atom. The van der Waals surface area contributed by atoms with Gasteiger partial charge in [-0.25, -0.2) is 0 Å². The summed E-state index contributed by atoms with van der Waals surface area (Å²) in [5, 5.41) is 3.56. The van der Waals surface area contributed by atoms with E-state index >= 15 is 0 Å². The largest absolute Gasteiger partial charge is 0.372 e. The van der Waals surface area contributed by atoms with E-state index in [-0.39, 0.29) is 17.1 Å². The van der Waals surface area contributed by atoms with Gasteiger partial charge in [0, 0.05) is 42.9 Å². The normalized spacial score (nSPS) is 19.4. The number of amides is 1. The third kappa shape index (κ3) is 4.29. The van der Waals surface area contributed by atoms with Crippen LogP contribution in [0.4, 0.5) is 17.1 Å². The first-order valence-corrected chi connectivity index (χ1v) is 12.1. The molecule has 0 spiro atoms. The number of nitrogens with one attached hydrogen (secondary N) is 1. The minimum absolute atomic E-state index is 0.00783. The molecule has 1 atom stereocenters. The van der Waals surface area contributed by atoms with Crippen molar-refractivity contribution in [3.8, 4) is 0 Å². The SMILES string of the molecule is CCC(=O)N1c2ccccc2NC2=C(C(=O)CC(C)(C)C2)[C@H]1c1ccc(N(CC)CC)cc1. The number of rotatable bonds is 5. The number of hydrogen-bond donors (Lipinski definition) is 1. The lowest BCUT2D eigenvalue weighted by Gasteiger charge is -2.37. The van der Waals surface area contributed by atoms with Gasteiger partial charge in [-0.1, -0.05) is 45.0 Å². The average Bonchev–Trinajstić information content (AvgIpc) is 2.93. The number of benzene rings is 2. The molecule has 1 heterocycles. The summed E-state index contributed by atoms with van der Waals surface area (Å²) in [7, 11) is 0. The van der Waals surface area contributed by atoms with Crippen LogP contribution in [0, 0.1) is 5.41 Å². The Morgan fingerprint density at radius 2 is 1.70 bits per heavy atom. The van der Waals surface area contributed by atoms with E-state index in [1.165, 1.54) is 0 Å². The molecule has 1 aliphatic carbocycles. The molecule has 0 bridgehead atoms. The Balaban J connectivity index is 1.93. The van der Waals surface area contributed by atoms with Gasteiger partial charge in [-0.2, -0.15) is 0 Å². The number of allylic oxidation sites excluding steroid dienone is 1. The standard InChI is InChI=1S/C28H35N3O2/c1-6-25(33)31-23-12-10-9-11-21(23)29-22-17-28(4,5)18-24(32)26(22)27(31)19-13-15-20(16-14-19)30(7-2)8-3/h9-16,27,29H,6-8,17-18H2,1-5H3/t27-/m1/s1. The van der Waals surface area contributed by atoms with E-state index in [1.807, 2.05) is 36.1 Å². The van der Waals surface area contributed by atoms with Crippen LogP contribution in [0.15, 0.2) is 59.8 Å². The van der Waals surface area contributed by atoms with Crippen LogP contribution in [0.3, 0.4) is 0 Å². The van der Waals surface area contributed by atoms with E-state index in [2.05, 4.69) is 62.2 Å². The molecule has 0 fully saturated rings. The highest BCUT2D eigenvalue weighted by molar-refractivity contribution is 6.06. The molecule has 1 amide bonds. The molecular formula is C28H35N3O2. The third-order valence-corrected chi connectivity index (χ3v) is 6.81. The number of ketones is 1. The van der Waals surface area contributed by atoms with Gasteiger partial charge in [0.25, 0.3) is 0 Å². The first kappa shape index (κ1) is 23.1. The fraction of sp³-hybridized carbons (Fsp3) is 0.429. The first-order valence-electron chi connectivity index (χ1n) is 12.1. The van der Waals surface area contributed by atoms with Gasteiger partial charge in [-0.05, 0) is 55.5 Å². The van der Waals surface area contributed by atoms with E-state index in [9.17, 15) is 9.59 Å². The molecule has 0 saturated carbocycles. The Hall–Kier alpha value is -3.08. The van der Waals surface area contributed by atoms with Crippen LogP contribution in [-0.2, 0) is 9.59 Å². The monoisotopic (exact) mass is 445 g/mol. The maximum atomic E-state index is 13.6. The van der Waals surface area contributed by atoms with Gasteiger partial charge in [0.15, 0.2) is 5.78 Å². The Labute approximate surface area is 197 Å².